The molecule has 8 heteroatoms. The number of aromatic amines is 1. The summed E-state index contributed by atoms with van der Waals surface area (Å²) < 4.78 is 5.73. The van der Waals surface area contributed by atoms with Crippen LogP contribution in [0.1, 0.15) is 23.1 Å². The topological polar surface area (TPSA) is 80.7 Å². The highest BCUT2D eigenvalue weighted by molar-refractivity contribution is 7.98. The number of halogens is 2. The molecule has 0 bridgehead atoms. The number of benzene rings is 2. The number of nitrogens with one attached hydrogen (secondary N) is 1. The van der Waals surface area contributed by atoms with Gasteiger partial charge in [-0.1, -0.05) is 53.7 Å². The van der Waals surface area contributed by atoms with E-state index >= 15 is 0 Å². The quantitative estimate of drug-likeness (QED) is 0.465. The van der Waals surface area contributed by atoms with Gasteiger partial charge in [0, 0.05) is 27.9 Å². The molecule has 4 aromatic rings. The standard InChI is InChI=1S/C19H17ClN4OS.ClH/c20-14-7-5-12(6-8-14)11-26-19-24-23-18(25-19)16(21)9-13-10-22-17-4-2-1-3-15(13)17;/h1-8,10,16,22H,9,11,21H2;1H/p-1/t16-;/m0./s1. The smallest absolute Gasteiger partial charge is 0.276 e. The minimum atomic E-state index is -0.341. The molecule has 3 N–H and O–H groups in total. The minimum Gasteiger partial charge on any atom is -1.00 e. The van der Waals surface area contributed by atoms with Gasteiger partial charge >= 0.3 is 0 Å². The Hall–Kier alpha value is -1.99. The number of aromatic nitrogens is 3. The van der Waals surface area contributed by atoms with Gasteiger partial charge in [0.15, 0.2) is 0 Å². The molecular formula is C19H17Cl2N4OS-. The van der Waals surface area contributed by atoms with Crippen LogP contribution in [0, 0.1) is 0 Å². The lowest BCUT2D eigenvalue weighted by Gasteiger charge is -2.05. The van der Waals surface area contributed by atoms with Gasteiger partial charge in [-0.2, -0.15) is 0 Å². The fourth-order valence-corrected chi connectivity index (χ4v) is 3.63. The van der Waals surface area contributed by atoms with Crippen LogP contribution in [0.2, 0.25) is 5.02 Å². The van der Waals surface area contributed by atoms with Gasteiger partial charge < -0.3 is 27.5 Å². The summed E-state index contributed by atoms with van der Waals surface area (Å²) in [5.41, 5.74) is 9.66. The molecule has 0 saturated heterocycles. The number of hydrogen-bond acceptors (Lipinski definition) is 5. The van der Waals surface area contributed by atoms with Crippen molar-refractivity contribution in [2.24, 2.45) is 5.73 Å². The molecule has 1 atom stereocenters. The summed E-state index contributed by atoms with van der Waals surface area (Å²) >= 11 is 7.38. The lowest BCUT2D eigenvalue weighted by Crippen LogP contribution is -3.00. The monoisotopic (exact) mass is 419 g/mol. The summed E-state index contributed by atoms with van der Waals surface area (Å²) in [5, 5.41) is 10.6. The largest absolute Gasteiger partial charge is 1.00 e. The number of para-hydroxylation sites is 1. The maximum absolute atomic E-state index is 6.28. The van der Waals surface area contributed by atoms with Gasteiger partial charge in [0.05, 0.1) is 6.04 Å². The van der Waals surface area contributed by atoms with Crippen molar-refractivity contribution < 1.29 is 16.8 Å². The van der Waals surface area contributed by atoms with Crippen LogP contribution in [0.25, 0.3) is 10.9 Å². The molecule has 0 aliphatic heterocycles. The van der Waals surface area contributed by atoms with Crippen LogP contribution in [0.5, 0.6) is 0 Å². The number of rotatable bonds is 6. The number of nitrogens with zero attached hydrogens (tertiary/aromatic N) is 2. The number of H-pyrrole nitrogens is 1. The van der Waals surface area contributed by atoms with E-state index in [4.69, 9.17) is 21.8 Å². The Kier molecular flexibility index (Phi) is 6.44. The Balaban J connectivity index is 0.00000210. The third kappa shape index (κ3) is 4.65. The van der Waals surface area contributed by atoms with E-state index in [2.05, 4.69) is 21.2 Å². The minimum absolute atomic E-state index is 0. The molecule has 27 heavy (non-hydrogen) atoms. The van der Waals surface area contributed by atoms with Crippen LogP contribution >= 0.6 is 23.4 Å². The first kappa shape index (κ1) is 19.8. The van der Waals surface area contributed by atoms with Crippen LogP contribution in [0.15, 0.2) is 64.4 Å². The van der Waals surface area contributed by atoms with Gasteiger partial charge in [-0.05, 0) is 35.7 Å². The fraction of sp³-hybridized carbons (Fsp3) is 0.158. The maximum atomic E-state index is 6.28. The molecule has 4 rings (SSSR count). The fourth-order valence-electron chi connectivity index (χ4n) is 2.78. The number of thioether (sulfide) groups is 1. The average Bonchev–Trinajstić information content (AvgIpc) is 3.29. The molecule has 2 aromatic heterocycles. The summed E-state index contributed by atoms with van der Waals surface area (Å²) in [4.78, 5) is 3.26. The van der Waals surface area contributed by atoms with Gasteiger partial charge in [0.2, 0.25) is 5.89 Å². The molecule has 5 nitrogen and oxygen atoms in total. The number of hydrogen-bond donors (Lipinski definition) is 2. The normalized spacial score (nSPS) is 12.1. The lowest BCUT2D eigenvalue weighted by molar-refractivity contribution is -0.00000580. The van der Waals surface area contributed by atoms with Crippen LogP contribution < -0.4 is 18.1 Å². The highest BCUT2D eigenvalue weighted by Crippen LogP contribution is 2.26. The third-order valence-electron chi connectivity index (χ3n) is 4.13. The predicted octanol–water partition coefficient (Wildman–Crippen LogP) is 1.74. The molecule has 0 spiro atoms. The van der Waals surface area contributed by atoms with Crippen molar-refractivity contribution in [1.82, 2.24) is 15.2 Å². The molecule has 0 amide bonds. The third-order valence-corrected chi connectivity index (χ3v) is 5.27. The summed E-state index contributed by atoms with van der Waals surface area (Å²) in [6.45, 7) is 0. The highest BCUT2D eigenvalue weighted by atomic mass is 35.5. The molecule has 0 aliphatic rings. The van der Waals surface area contributed by atoms with E-state index in [1.54, 1.807) is 0 Å². The van der Waals surface area contributed by atoms with E-state index in [1.165, 1.54) is 17.1 Å². The van der Waals surface area contributed by atoms with E-state index < -0.39 is 0 Å². The first-order valence-electron chi connectivity index (χ1n) is 8.20. The molecule has 0 saturated carbocycles. The molecule has 0 radical (unpaired) electrons. The first-order valence-corrected chi connectivity index (χ1v) is 9.56. The second-order valence-corrected chi connectivity index (χ2v) is 7.35. The van der Waals surface area contributed by atoms with Crippen molar-refractivity contribution in [3.05, 3.63) is 76.8 Å². The van der Waals surface area contributed by atoms with E-state index in [0.717, 1.165) is 27.4 Å². The van der Waals surface area contributed by atoms with Crippen molar-refractivity contribution in [1.29, 1.82) is 0 Å². The number of nitrogens with two attached hydrogens (primary N) is 1. The molecule has 0 aliphatic carbocycles. The van der Waals surface area contributed by atoms with Gasteiger partial charge in [0.25, 0.3) is 5.22 Å². The number of fused-ring (bicyclic) bond motifs is 1. The van der Waals surface area contributed by atoms with E-state index in [0.29, 0.717) is 17.5 Å². The first-order chi connectivity index (χ1) is 12.7. The van der Waals surface area contributed by atoms with Crippen molar-refractivity contribution >= 4 is 34.3 Å². The van der Waals surface area contributed by atoms with Gasteiger partial charge in [-0.3, -0.25) is 0 Å². The molecular weight excluding hydrogens is 403 g/mol. The average molecular weight is 420 g/mol. The Bertz CT molecular complexity index is 1020. The Morgan fingerprint density at radius 2 is 1.89 bits per heavy atom. The van der Waals surface area contributed by atoms with Crippen molar-refractivity contribution in [3.8, 4) is 0 Å². The summed E-state index contributed by atoms with van der Waals surface area (Å²) in [6, 6.07) is 15.5. The summed E-state index contributed by atoms with van der Waals surface area (Å²) in [7, 11) is 0. The van der Waals surface area contributed by atoms with Crippen molar-refractivity contribution in [3.63, 3.8) is 0 Å². The summed E-state index contributed by atoms with van der Waals surface area (Å²) in [6.07, 6.45) is 2.62. The zero-order chi connectivity index (χ0) is 17.9. The zero-order valence-electron chi connectivity index (χ0n) is 14.2. The van der Waals surface area contributed by atoms with Crippen LogP contribution in [0.3, 0.4) is 0 Å². The SMILES string of the molecule is N[C@@H](Cc1c[nH]c2ccccc12)c1nnc(SCc2ccc(Cl)cc2)o1.[Cl-]. The Morgan fingerprint density at radius 1 is 1.11 bits per heavy atom. The molecule has 140 valence electrons. The van der Waals surface area contributed by atoms with E-state index in [9.17, 15) is 0 Å². The van der Waals surface area contributed by atoms with Crippen molar-refractivity contribution in [2.75, 3.05) is 0 Å². The highest BCUT2D eigenvalue weighted by Gasteiger charge is 2.17. The van der Waals surface area contributed by atoms with Crippen LogP contribution in [-0.2, 0) is 12.2 Å². The predicted molar refractivity (Wildman–Crippen MR) is 104 cm³/mol. The van der Waals surface area contributed by atoms with Gasteiger partial charge in [-0.15, -0.1) is 10.2 Å². The Labute approximate surface area is 172 Å². The van der Waals surface area contributed by atoms with Crippen LogP contribution in [-0.4, -0.2) is 15.2 Å². The molecule has 2 aromatic carbocycles. The zero-order valence-corrected chi connectivity index (χ0v) is 16.6. The van der Waals surface area contributed by atoms with Gasteiger partial charge in [0.1, 0.15) is 0 Å². The van der Waals surface area contributed by atoms with E-state index in [1.807, 2.05) is 48.7 Å². The molecule has 0 fully saturated rings. The second-order valence-electron chi connectivity index (χ2n) is 5.99. The maximum Gasteiger partial charge on any atom is 0.276 e. The second kappa shape index (κ2) is 8.80. The molecule has 2 heterocycles. The summed E-state index contributed by atoms with van der Waals surface area (Å²) in [5.74, 6) is 1.19. The van der Waals surface area contributed by atoms with Crippen molar-refractivity contribution in [2.45, 2.75) is 23.4 Å². The van der Waals surface area contributed by atoms with Gasteiger partial charge in [-0.25, -0.2) is 0 Å². The van der Waals surface area contributed by atoms with Crippen LogP contribution in [0.4, 0.5) is 0 Å². The molecule has 0 unspecified atom stereocenters. The lowest BCUT2D eigenvalue weighted by atomic mass is 10.1. The van der Waals surface area contributed by atoms with E-state index in [-0.39, 0.29) is 18.4 Å². The Morgan fingerprint density at radius 3 is 2.70 bits per heavy atom.